The second-order valence-electron chi connectivity index (χ2n) is 8.54. The van der Waals surface area contributed by atoms with Gasteiger partial charge in [-0.15, -0.1) is 0 Å². The SMILES string of the molecule is CN(C)C(=O)CCC1Cn2nc3c(c2C(=O)N(C)O1)CN(C(=O)Nc1ccc(F)c(Cl)c1)CC3. The van der Waals surface area contributed by atoms with Crippen LogP contribution >= 0.6 is 11.6 Å². The van der Waals surface area contributed by atoms with Gasteiger partial charge in [-0.2, -0.15) is 5.10 Å². The molecule has 0 saturated carbocycles. The Morgan fingerprint density at radius 2 is 2.12 bits per heavy atom. The molecule has 0 spiro atoms. The number of nitrogens with one attached hydrogen (secondary N) is 1. The first-order valence-corrected chi connectivity index (χ1v) is 11.3. The molecule has 2 aromatic rings. The second kappa shape index (κ2) is 9.59. The molecule has 0 saturated heterocycles. The molecule has 0 bridgehead atoms. The monoisotopic (exact) mass is 492 g/mol. The molecule has 1 atom stereocenters. The van der Waals surface area contributed by atoms with E-state index >= 15 is 0 Å². The zero-order chi connectivity index (χ0) is 24.6. The van der Waals surface area contributed by atoms with E-state index in [1.807, 2.05) is 0 Å². The Morgan fingerprint density at radius 3 is 2.82 bits per heavy atom. The fourth-order valence-corrected chi connectivity index (χ4v) is 4.23. The third-order valence-electron chi connectivity index (χ3n) is 5.91. The molecule has 0 aliphatic carbocycles. The molecule has 3 heterocycles. The second-order valence-corrected chi connectivity index (χ2v) is 8.95. The van der Waals surface area contributed by atoms with Gasteiger partial charge in [0.1, 0.15) is 17.6 Å². The van der Waals surface area contributed by atoms with Crippen LogP contribution in [-0.2, 0) is 29.1 Å². The predicted molar refractivity (Wildman–Crippen MR) is 122 cm³/mol. The molecule has 12 heteroatoms. The smallest absolute Gasteiger partial charge is 0.322 e. The minimum absolute atomic E-state index is 0.0223. The summed E-state index contributed by atoms with van der Waals surface area (Å²) < 4.78 is 15.0. The number of fused-ring (bicyclic) bond motifs is 3. The lowest BCUT2D eigenvalue weighted by Gasteiger charge is -2.27. The maximum Gasteiger partial charge on any atom is 0.322 e. The summed E-state index contributed by atoms with van der Waals surface area (Å²) in [5.74, 6) is -0.951. The van der Waals surface area contributed by atoms with E-state index in [-0.39, 0.29) is 35.8 Å². The van der Waals surface area contributed by atoms with Crippen LogP contribution in [0.25, 0.3) is 0 Å². The molecule has 2 aliphatic rings. The van der Waals surface area contributed by atoms with E-state index in [1.54, 1.807) is 23.7 Å². The topological polar surface area (TPSA) is 100 Å². The normalized spacial score (nSPS) is 17.7. The van der Waals surface area contributed by atoms with E-state index in [0.717, 1.165) is 5.69 Å². The molecule has 10 nitrogen and oxygen atoms in total. The van der Waals surface area contributed by atoms with Crippen molar-refractivity contribution in [3.05, 3.63) is 46.0 Å². The average Bonchev–Trinajstić information content (AvgIpc) is 3.10. The molecule has 182 valence electrons. The van der Waals surface area contributed by atoms with E-state index in [0.29, 0.717) is 42.9 Å². The van der Waals surface area contributed by atoms with Crippen LogP contribution in [0.2, 0.25) is 5.02 Å². The Balaban J connectivity index is 1.51. The first-order valence-electron chi connectivity index (χ1n) is 10.9. The Kier molecular flexibility index (Phi) is 6.76. The Bertz CT molecular complexity index is 1140. The summed E-state index contributed by atoms with van der Waals surface area (Å²) in [6.45, 7) is 0.916. The predicted octanol–water partition coefficient (Wildman–Crippen LogP) is 2.52. The van der Waals surface area contributed by atoms with Crippen LogP contribution in [0, 0.1) is 5.82 Å². The van der Waals surface area contributed by atoms with Crippen molar-refractivity contribution in [2.75, 3.05) is 33.0 Å². The first kappa shape index (κ1) is 24.0. The lowest BCUT2D eigenvalue weighted by atomic mass is 10.0. The molecule has 34 heavy (non-hydrogen) atoms. The van der Waals surface area contributed by atoms with Gasteiger partial charge in [-0.3, -0.25) is 19.1 Å². The van der Waals surface area contributed by atoms with Crippen molar-refractivity contribution in [2.24, 2.45) is 0 Å². The number of amides is 4. The van der Waals surface area contributed by atoms with Crippen molar-refractivity contribution < 1.29 is 23.6 Å². The van der Waals surface area contributed by atoms with Crippen molar-refractivity contribution in [3.8, 4) is 0 Å². The number of anilines is 1. The highest BCUT2D eigenvalue weighted by Gasteiger charge is 2.35. The van der Waals surface area contributed by atoms with E-state index in [2.05, 4.69) is 10.4 Å². The molecule has 4 rings (SSSR count). The van der Waals surface area contributed by atoms with Gasteiger partial charge in [0.05, 0.1) is 23.8 Å². The van der Waals surface area contributed by atoms with Crippen LogP contribution in [0.1, 0.15) is 34.6 Å². The van der Waals surface area contributed by atoms with Crippen LogP contribution in [-0.4, -0.2) is 76.3 Å². The number of rotatable bonds is 4. The number of carbonyl (C=O) groups excluding carboxylic acids is 3. The van der Waals surface area contributed by atoms with Gasteiger partial charge in [0, 0.05) is 51.8 Å². The summed E-state index contributed by atoms with van der Waals surface area (Å²) in [6.07, 6.45) is 0.808. The zero-order valence-corrected chi connectivity index (χ0v) is 19.9. The third-order valence-corrected chi connectivity index (χ3v) is 6.20. The molecule has 1 unspecified atom stereocenters. The number of hydroxylamine groups is 2. The zero-order valence-electron chi connectivity index (χ0n) is 19.2. The lowest BCUT2D eigenvalue weighted by Crippen LogP contribution is -2.39. The standard InChI is InChI=1S/C22H26ClFN6O4/c1-27(2)19(31)7-5-14-11-30-20(21(32)28(3)34-14)15-12-29(9-8-18(15)26-30)22(33)25-13-4-6-17(24)16(23)10-13/h4,6,10,14H,5,7-9,11-12H2,1-3H3,(H,25,33). The van der Waals surface area contributed by atoms with Gasteiger partial charge in [-0.25, -0.2) is 14.2 Å². The maximum absolute atomic E-state index is 13.4. The minimum Gasteiger partial charge on any atom is -0.349 e. The number of hydrogen-bond donors (Lipinski definition) is 1. The summed E-state index contributed by atoms with van der Waals surface area (Å²) in [4.78, 5) is 46.8. The van der Waals surface area contributed by atoms with Crippen LogP contribution in [0.5, 0.6) is 0 Å². The highest BCUT2D eigenvalue weighted by molar-refractivity contribution is 6.31. The number of carbonyl (C=O) groups is 3. The number of urea groups is 1. The highest BCUT2D eigenvalue weighted by Crippen LogP contribution is 2.28. The van der Waals surface area contributed by atoms with Gasteiger partial charge in [-0.05, 0) is 24.6 Å². The van der Waals surface area contributed by atoms with Crippen LogP contribution in [0.3, 0.4) is 0 Å². The third kappa shape index (κ3) is 4.85. The minimum atomic E-state index is -0.570. The van der Waals surface area contributed by atoms with Gasteiger partial charge < -0.3 is 15.1 Å². The van der Waals surface area contributed by atoms with Gasteiger partial charge in [-0.1, -0.05) is 11.6 Å². The quantitative estimate of drug-likeness (QED) is 0.707. The Morgan fingerprint density at radius 1 is 1.35 bits per heavy atom. The van der Waals surface area contributed by atoms with Crippen LogP contribution in [0.15, 0.2) is 18.2 Å². The molecular formula is C22H26ClFN6O4. The largest absolute Gasteiger partial charge is 0.349 e. The van der Waals surface area contributed by atoms with Gasteiger partial charge in [0.15, 0.2) is 0 Å². The molecule has 0 fully saturated rings. The lowest BCUT2D eigenvalue weighted by molar-refractivity contribution is -0.153. The number of halogens is 2. The van der Waals surface area contributed by atoms with E-state index in [9.17, 15) is 18.8 Å². The fourth-order valence-electron chi connectivity index (χ4n) is 4.05. The van der Waals surface area contributed by atoms with Crippen LogP contribution < -0.4 is 5.32 Å². The van der Waals surface area contributed by atoms with Crippen molar-refractivity contribution >= 4 is 35.1 Å². The molecule has 2 aliphatic heterocycles. The molecule has 1 N–H and O–H groups in total. The summed E-state index contributed by atoms with van der Waals surface area (Å²) in [5, 5.41) is 8.42. The highest BCUT2D eigenvalue weighted by atomic mass is 35.5. The Hall–Kier alpha value is -3.18. The summed E-state index contributed by atoms with van der Waals surface area (Å²) in [7, 11) is 4.92. The number of benzene rings is 1. The molecule has 4 amide bonds. The van der Waals surface area contributed by atoms with Crippen molar-refractivity contribution in [1.82, 2.24) is 24.6 Å². The summed E-state index contributed by atoms with van der Waals surface area (Å²) in [5.41, 5.74) is 2.18. The van der Waals surface area contributed by atoms with Crippen molar-refractivity contribution in [2.45, 2.75) is 38.5 Å². The number of nitrogens with zero attached hydrogens (tertiary/aromatic N) is 5. The number of aromatic nitrogens is 2. The number of hydrogen-bond acceptors (Lipinski definition) is 5. The molecule has 1 aromatic carbocycles. The summed E-state index contributed by atoms with van der Waals surface area (Å²) in [6, 6.07) is 3.56. The molecule has 0 radical (unpaired) electrons. The summed E-state index contributed by atoms with van der Waals surface area (Å²) >= 11 is 5.80. The fraction of sp³-hybridized carbons (Fsp3) is 0.455. The Labute approximate surface area is 201 Å². The van der Waals surface area contributed by atoms with E-state index < -0.39 is 11.9 Å². The van der Waals surface area contributed by atoms with E-state index in [4.69, 9.17) is 16.4 Å². The average molecular weight is 493 g/mol. The molecular weight excluding hydrogens is 467 g/mol. The van der Waals surface area contributed by atoms with E-state index in [1.165, 1.54) is 35.2 Å². The van der Waals surface area contributed by atoms with Gasteiger partial charge in [0.25, 0.3) is 5.91 Å². The van der Waals surface area contributed by atoms with Gasteiger partial charge >= 0.3 is 6.03 Å². The maximum atomic E-state index is 13.4. The van der Waals surface area contributed by atoms with Crippen molar-refractivity contribution in [3.63, 3.8) is 0 Å². The first-order chi connectivity index (χ1) is 16.1. The molecule has 1 aromatic heterocycles. The van der Waals surface area contributed by atoms with Crippen molar-refractivity contribution in [1.29, 1.82) is 0 Å². The van der Waals surface area contributed by atoms with Crippen LogP contribution in [0.4, 0.5) is 14.9 Å². The van der Waals surface area contributed by atoms with Gasteiger partial charge in [0.2, 0.25) is 5.91 Å².